The second kappa shape index (κ2) is 7.91. The first-order valence-corrected chi connectivity index (χ1v) is 9.98. The summed E-state index contributed by atoms with van der Waals surface area (Å²) in [6.45, 7) is 3.20. The highest BCUT2D eigenvalue weighted by atomic mass is 16.5. The fourth-order valence-electron chi connectivity index (χ4n) is 3.78. The first kappa shape index (κ1) is 20.1. The zero-order valence-corrected chi connectivity index (χ0v) is 17.7. The van der Waals surface area contributed by atoms with Crippen LogP contribution in [0.1, 0.15) is 34.8 Å². The lowest BCUT2D eigenvalue weighted by Gasteiger charge is -2.22. The number of hydrogen-bond donors (Lipinski definition) is 1. The summed E-state index contributed by atoms with van der Waals surface area (Å²) < 4.78 is 8.79. The number of imidazole rings is 1. The van der Waals surface area contributed by atoms with Gasteiger partial charge in [0.05, 0.1) is 6.20 Å². The molecule has 1 aliphatic heterocycles. The van der Waals surface area contributed by atoms with E-state index in [9.17, 15) is 9.59 Å². The average Bonchev–Trinajstić information content (AvgIpc) is 2.99. The van der Waals surface area contributed by atoms with E-state index in [4.69, 9.17) is 4.74 Å². The molecule has 3 heterocycles. The van der Waals surface area contributed by atoms with E-state index in [2.05, 4.69) is 15.3 Å². The number of aromatic nitrogens is 4. The number of benzene rings is 1. The molecule has 9 heteroatoms. The molecule has 30 heavy (non-hydrogen) atoms. The maximum Gasteiger partial charge on any atom is 0.330 e. The van der Waals surface area contributed by atoms with Gasteiger partial charge in [-0.2, -0.15) is 4.98 Å². The molecule has 0 unspecified atom stereocenters. The van der Waals surface area contributed by atoms with Crippen LogP contribution in [0.4, 0.5) is 11.6 Å². The fraction of sp³-hybridized carbons (Fsp3) is 0.429. The van der Waals surface area contributed by atoms with Crippen LogP contribution in [0.15, 0.2) is 29.2 Å². The third-order valence-electron chi connectivity index (χ3n) is 5.51. The normalized spacial score (nSPS) is 14.8. The predicted octanol–water partition coefficient (Wildman–Crippen LogP) is 2.24. The monoisotopic (exact) mass is 410 g/mol. The summed E-state index contributed by atoms with van der Waals surface area (Å²) in [7, 11) is 5.19. The molecule has 4 rings (SSSR count). The minimum Gasteiger partial charge on any atom is -0.381 e. The Morgan fingerprint density at radius 2 is 2.00 bits per heavy atom. The van der Waals surface area contributed by atoms with Crippen molar-refractivity contribution in [1.29, 1.82) is 0 Å². The quantitative estimate of drug-likeness (QED) is 0.709. The second-order valence-corrected chi connectivity index (χ2v) is 7.81. The standard InChI is InChI=1S/C21H26N6O3/c1-13-11-14(19(28)25(2)3)5-6-16(13)23-20-22-12-17-18(24-20)27(21(29)26(17)4)15-7-9-30-10-8-15/h5-6,11-12,15H,7-10H2,1-4H3,(H,22,23,24). The minimum absolute atomic E-state index is 0.0490. The summed E-state index contributed by atoms with van der Waals surface area (Å²) in [5.74, 6) is 0.357. The van der Waals surface area contributed by atoms with Crippen molar-refractivity contribution < 1.29 is 9.53 Å². The number of ether oxygens (including phenoxy) is 1. The topological polar surface area (TPSA) is 94.3 Å². The Balaban J connectivity index is 1.69. The number of fused-ring (bicyclic) bond motifs is 1. The van der Waals surface area contributed by atoms with Gasteiger partial charge in [-0.3, -0.25) is 13.9 Å². The van der Waals surface area contributed by atoms with Crippen LogP contribution in [0.5, 0.6) is 0 Å². The highest BCUT2D eigenvalue weighted by Crippen LogP contribution is 2.25. The van der Waals surface area contributed by atoms with Crippen molar-refractivity contribution in [1.82, 2.24) is 24.0 Å². The molecule has 1 N–H and O–H groups in total. The number of hydrogen-bond acceptors (Lipinski definition) is 6. The summed E-state index contributed by atoms with van der Waals surface area (Å²) in [4.78, 5) is 35.6. The van der Waals surface area contributed by atoms with Gasteiger partial charge in [-0.1, -0.05) is 0 Å². The minimum atomic E-state index is -0.0916. The molecule has 0 bridgehead atoms. The molecule has 1 aromatic carbocycles. The highest BCUT2D eigenvalue weighted by Gasteiger charge is 2.23. The molecule has 0 atom stereocenters. The average molecular weight is 410 g/mol. The van der Waals surface area contributed by atoms with Crippen LogP contribution >= 0.6 is 0 Å². The summed E-state index contributed by atoms with van der Waals surface area (Å²) >= 11 is 0. The number of rotatable bonds is 4. The molecule has 9 nitrogen and oxygen atoms in total. The molecule has 2 aromatic heterocycles. The molecule has 0 radical (unpaired) electrons. The van der Waals surface area contributed by atoms with Crippen molar-refractivity contribution in [2.45, 2.75) is 25.8 Å². The van der Waals surface area contributed by atoms with Crippen molar-refractivity contribution >= 4 is 28.7 Å². The Kier molecular flexibility index (Phi) is 5.29. The molecular formula is C21H26N6O3. The van der Waals surface area contributed by atoms with E-state index in [1.165, 1.54) is 0 Å². The van der Waals surface area contributed by atoms with Crippen LogP contribution in [-0.4, -0.2) is 57.2 Å². The smallest absolute Gasteiger partial charge is 0.330 e. The van der Waals surface area contributed by atoms with Crippen LogP contribution in [0.2, 0.25) is 0 Å². The lowest BCUT2D eigenvalue weighted by Crippen LogP contribution is -2.30. The summed E-state index contributed by atoms with van der Waals surface area (Å²) in [6, 6.07) is 5.52. The maximum atomic E-state index is 12.8. The van der Waals surface area contributed by atoms with Gasteiger partial charge in [-0.05, 0) is 43.5 Å². The Labute approximate surface area is 174 Å². The van der Waals surface area contributed by atoms with Gasteiger partial charge in [0, 0.05) is 51.6 Å². The van der Waals surface area contributed by atoms with E-state index in [1.807, 2.05) is 19.1 Å². The number of nitrogens with zero attached hydrogens (tertiary/aromatic N) is 5. The Morgan fingerprint density at radius 3 is 2.67 bits per heavy atom. The Bertz CT molecular complexity index is 1160. The second-order valence-electron chi connectivity index (χ2n) is 7.81. The van der Waals surface area contributed by atoms with Gasteiger partial charge in [0.1, 0.15) is 5.52 Å². The van der Waals surface area contributed by atoms with Crippen LogP contribution in [-0.2, 0) is 11.8 Å². The van der Waals surface area contributed by atoms with E-state index in [0.717, 1.165) is 24.1 Å². The number of nitrogens with one attached hydrogen (secondary N) is 1. The van der Waals surface area contributed by atoms with Gasteiger partial charge in [0.15, 0.2) is 5.65 Å². The van der Waals surface area contributed by atoms with Crippen molar-refractivity contribution in [2.24, 2.45) is 7.05 Å². The van der Waals surface area contributed by atoms with Crippen molar-refractivity contribution in [3.05, 3.63) is 46.0 Å². The number of aryl methyl sites for hydroxylation is 2. The Morgan fingerprint density at radius 1 is 1.27 bits per heavy atom. The molecule has 3 aromatic rings. The molecule has 1 saturated heterocycles. The third kappa shape index (κ3) is 3.56. The highest BCUT2D eigenvalue weighted by molar-refractivity contribution is 5.94. The number of carbonyl (C=O) groups excluding carboxylic acids is 1. The van der Waals surface area contributed by atoms with Gasteiger partial charge in [-0.15, -0.1) is 0 Å². The number of carbonyl (C=O) groups is 1. The van der Waals surface area contributed by atoms with E-state index in [0.29, 0.717) is 35.9 Å². The molecule has 158 valence electrons. The van der Waals surface area contributed by atoms with Crippen molar-refractivity contribution in [2.75, 3.05) is 32.6 Å². The summed E-state index contributed by atoms with van der Waals surface area (Å²) in [6.07, 6.45) is 3.24. The predicted molar refractivity (Wildman–Crippen MR) is 114 cm³/mol. The number of amides is 1. The summed E-state index contributed by atoms with van der Waals surface area (Å²) in [5, 5.41) is 3.22. The van der Waals surface area contributed by atoms with Gasteiger partial charge >= 0.3 is 5.69 Å². The molecule has 1 aliphatic rings. The lowest BCUT2D eigenvalue weighted by molar-refractivity contribution is 0.0695. The largest absolute Gasteiger partial charge is 0.381 e. The van der Waals surface area contributed by atoms with E-state index >= 15 is 0 Å². The van der Waals surface area contributed by atoms with E-state index in [-0.39, 0.29) is 17.6 Å². The molecule has 1 fully saturated rings. The molecule has 0 spiro atoms. The lowest BCUT2D eigenvalue weighted by atomic mass is 10.1. The fourth-order valence-corrected chi connectivity index (χ4v) is 3.78. The summed E-state index contributed by atoms with van der Waals surface area (Å²) in [5.41, 5.74) is 3.55. The SMILES string of the molecule is Cc1cc(C(=O)N(C)C)ccc1Nc1ncc2c(n1)n(C1CCOCC1)c(=O)n2C. The van der Waals surface area contributed by atoms with Crippen LogP contribution in [0.3, 0.4) is 0 Å². The first-order chi connectivity index (χ1) is 14.4. The van der Waals surface area contributed by atoms with E-state index < -0.39 is 0 Å². The molecular weight excluding hydrogens is 384 g/mol. The zero-order valence-electron chi connectivity index (χ0n) is 17.7. The van der Waals surface area contributed by atoms with Gasteiger partial charge in [-0.25, -0.2) is 9.78 Å². The van der Waals surface area contributed by atoms with Gasteiger partial charge in [0.25, 0.3) is 5.91 Å². The number of anilines is 2. The molecule has 0 aliphatic carbocycles. The molecule has 1 amide bonds. The van der Waals surface area contributed by atoms with Gasteiger partial charge < -0.3 is 15.0 Å². The first-order valence-electron chi connectivity index (χ1n) is 9.98. The maximum absolute atomic E-state index is 12.8. The third-order valence-corrected chi connectivity index (χ3v) is 5.51. The van der Waals surface area contributed by atoms with Crippen LogP contribution in [0, 0.1) is 6.92 Å². The van der Waals surface area contributed by atoms with Gasteiger partial charge in [0.2, 0.25) is 5.95 Å². The zero-order chi connectivity index (χ0) is 21.4. The Hall–Kier alpha value is -3.20. The van der Waals surface area contributed by atoms with Crippen LogP contribution < -0.4 is 11.0 Å². The van der Waals surface area contributed by atoms with Crippen LogP contribution in [0.25, 0.3) is 11.2 Å². The molecule has 0 saturated carbocycles. The van der Waals surface area contributed by atoms with E-state index in [1.54, 1.807) is 47.4 Å². The van der Waals surface area contributed by atoms with Crippen molar-refractivity contribution in [3.8, 4) is 0 Å². The van der Waals surface area contributed by atoms with Crippen molar-refractivity contribution in [3.63, 3.8) is 0 Å².